The molecule has 2 aromatic heterocycles. The average Bonchev–Trinajstić information content (AvgIpc) is 2.78. The highest BCUT2D eigenvalue weighted by atomic mass is 32.2. The largest absolute Gasteiger partial charge is 0.392 e. The summed E-state index contributed by atoms with van der Waals surface area (Å²) >= 11 is 1.44. The van der Waals surface area contributed by atoms with Crippen LogP contribution in [-0.4, -0.2) is 38.7 Å². The summed E-state index contributed by atoms with van der Waals surface area (Å²) in [6.45, 7) is 2.07. The lowest BCUT2D eigenvalue weighted by Crippen LogP contribution is -2.25. The van der Waals surface area contributed by atoms with Crippen molar-refractivity contribution >= 4 is 35.7 Å². The maximum atomic E-state index is 12.0. The van der Waals surface area contributed by atoms with Crippen LogP contribution in [0.1, 0.15) is 56.7 Å². The number of pyridine rings is 1. The summed E-state index contributed by atoms with van der Waals surface area (Å²) < 4.78 is 0. The molecule has 0 aliphatic heterocycles. The molecule has 2 unspecified atom stereocenters. The van der Waals surface area contributed by atoms with E-state index in [1.165, 1.54) is 11.8 Å². The molecule has 4 rings (SSSR count). The molecule has 0 radical (unpaired) electrons. The smallest absolute Gasteiger partial charge is 0.194 e. The normalized spacial score (nSPS) is 21.7. The second-order valence-electron chi connectivity index (χ2n) is 7.72. The maximum Gasteiger partial charge on any atom is 0.194 e. The van der Waals surface area contributed by atoms with E-state index in [1.54, 1.807) is 12.4 Å². The Kier molecular flexibility index (Phi) is 6.69. The molecule has 30 heavy (non-hydrogen) atoms. The van der Waals surface area contributed by atoms with Gasteiger partial charge in [-0.25, -0.2) is 15.0 Å². The molecule has 0 amide bonds. The Labute approximate surface area is 181 Å². The number of aliphatic imine (C=N–C) groups is 1. The van der Waals surface area contributed by atoms with Crippen LogP contribution in [-0.2, 0) is 11.2 Å². The summed E-state index contributed by atoms with van der Waals surface area (Å²) in [7, 11) is 0. The molecule has 2 aromatic rings. The number of aryl methyl sites for hydroxylation is 1. The monoisotopic (exact) mass is 422 g/mol. The lowest BCUT2D eigenvalue weighted by molar-refractivity contribution is -0.103. The number of aliphatic hydroxyl groups excluding tert-OH is 1. The van der Waals surface area contributed by atoms with Gasteiger partial charge in [-0.2, -0.15) is 0 Å². The minimum atomic E-state index is -0.364. The number of fused-ring (bicyclic) bond motifs is 1. The number of aldehydes is 1. The van der Waals surface area contributed by atoms with Gasteiger partial charge in [0.1, 0.15) is 0 Å². The molecule has 156 valence electrons. The van der Waals surface area contributed by atoms with Crippen LogP contribution < -0.4 is 0 Å². The summed E-state index contributed by atoms with van der Waals surface area (Å²) in [5.41, 5.74) is 3.42. The van der Waals surface area contributed by atoms with E-state index in [2.05, 4.69) is 11.9 Å². The third-order valence-electron chi connectivity index (χ3n) is 5.82. The summed E-state index contributed by atoms with van der Waals surface area (Å²) in [4.78, 5) is 31.2. The number of carbonyl (C=O) groups excluding carboxylic acids is 1. The minimum absolute atomic E-state index is 0.0247. The first-order valence-electron chi connectivity index (χ1n) is 10.6. The summed E-state index contributed by atoms with van der Waals surface area (Å²) in [6, 6.07) is 3.85. The van der Waals surface area contributed by atoms with Crippen molar-refractivity contribution in [3.8, 4) is 0 Å². The van der Waals surface area contributed by atoms with Gasteiger partial charge in [-0.1, -0.05) is 25.3 Å². The molecule has 2 aliphatic carbocycles. The summed E-state index contributed by atoms with van der Waals surface area (Å²) in [6.07, 6.45) is 12.2. The highest BCUT2D eigenvalue weighted by molar-refractivity contribution is 7.99. The van der Waals surface area contributed by atoms with Crippen molar-refractivity contribution in [3.63, 3.8) is 0 Å². The van der Waals surface area contributed by atoms with Crippen molar-refractivity contribution in [1.29, 1.82) is 0 Å². The van der Waals surface area contributed by atoms with Crippen LogP contribution in [0.2, 0.25) is 0 Å². The standard InChI is InChI=1S/C23H26N4O2S/c1-2-15-9-10-19-21(18(15)14-28)22(25-12-16-6-3-4-8-20(16)29)27-23(26-19)30-17-7-5-11-24-13-17/h5,7,11-14,16,20,29H,2-4,6,8-10H2,1H3. The van der Waals surface area contributed by atoms with Crippen LogP contribution in [0.15, 0.2) is 45.1 Å². The third-order valence-corrected chi connectivity index (χ3v) is 6.66. The summed E-state index contributed by atoms with van der Waals surface area (Å²) in [5.74, 6) is 0.550. The van der Waals surface area contributed by atoms with Gasteiger partial charge in [0.2, 0.25) is 0 Å². The molecule has 6 nitrogen and oxygen atoms in total. The van der Waals surface area contributed by atoms with Gasteiger partial charge in [0.25, 0.3) is 0 Å². The third kappa shape index (κ3) is 4.52. The Morgan fingerprint density at radius 1 is 1.27 bits per heavy atom. The second-order valence-corrected chi connectivity index (χ2v) is 8.77. The predicted octanol–water partition coefficient (Wildman–Crippen LogP) is 4.58. The lowest BCUT2D eigenvalue weighted by atomic mass is 9.87. The van der Waals surface area contributed by atoms with Gasteiger partial charge < -0.3 is 5.11 Å². The Morgan fingerprint density at radius 3 is 2.87 bits per heavy atom. The quantitative estimate of drug-likeness (QED) is 0.416. The van der Waals surface area contributed by atoms with Crippen LogP contribution >= 0.6 is 11.8 Å². The molecule has 2 heterocycles. The first kappa shape index (κ1) is 20.9. The van der Waals surface area contributed by atoms with Crippen molar-refractivity contribution in [3.05, 3.63) is 41.4 Å². The van der Waals surface area contributed by atoms with Gasteiger partial charge in [-0.3, -0.25) is 9.78 Å². The highest BCUT2D eigenvalue weighted by Crippen LogP contribution is 2.38. The number of aromatic nitrogens is 3. The number of allylic oxidation sites excluding steroid dienone is 2. The van der Waals surface area contributed by atoms with E-state index in [0.29, 0.717) is 16.5 Å². The van der Waals surface area contributed by atoms with E-state index >= 15 is 0 Å². The fourth-order valence-electron chi connectivity index (χ4n) is 4.15. The van der Waals surface area contributed by atoms with Gasteiger partial charge in [0.05, 0.1) is 17.4 Å². The van der Waals surface area contributed by atoms with Crippen molar-refractivity contribution < 1.29 is 9.90 Å². The SMILES string of the molecule is CCC1=C(C=O)c2c(nc(Sc3cccnc3)nc2N=CC2CCCCC2O)CC1. The Balaban J connectivity index is 1.76. The zero-order chi connectivity index (χ0) is 20.9. The molecule has 0 aromatic carbocycles. The van der Waals surface area contributed by atoms with Gasteiger partial charge in [-0.15, -0.1) is 0 Å². The number of rotatable bonds is 6. The molecule has 0 spiro atoms. The van der Waals surface area contributed by atoms with Crippen molar-refractivity contribution in [1.82, 2.24) is 15.0 Å². The van der Waals surface area contributed by atoms with Crippen molar-refractivity contribution in [2.75, 3.05) is 0 Å². The molecule has 1 N–H and O–H groups in total. The Hall–Kier alpha value is -2.38. The zero-order valence-corrected chi connectivity index (χ0v) is 17.9. The average molecular weight is 423 g/mol. The first-order valence-corrected chi connectivity index (χ1v) is 11.4. The zero-order valence-electron chi connectivity index (χ0n) is 17.1. The fourth-order valence-corrected chi connectivity index (χ4v) is 4.91. The van der Waals surface area contributed by atoms with E-state index < -0.39 is 0 Å². The maximum absolute atomic E-state index is 12.0. The van der Waals surface area contributed by atoms with Crippen LogP contribution in [0.25, 0.3) is 5.57 Å². The number of carbonyl (C=O) groups is 1. The number of hydrogen-bond acceptors (Lipinski definition) is 7. The topological polar surface area (TPSA) is 88.3 Å². The van der Waals surface area contributed by atoms with Crippen LogP contribution in [0, 0.1) is 5.92 Å². The Morgan fingerprint density at radius 2 is 2.13 bits per heavy atom. The molecule has 0 bridgehead atoms. The molecule has 2 atom stereocenters. The molecule has 1 fully saturated rings. The minimum Gasteiger partial charge on any atom is -0.392 e. The van der Waals surface area contributed by atoms with E-state index in [-0.39, 0.29) is 12.0 Å². The first-order chi connectivity index (χ1) is 14.7. The van der Waals surface area contributed by atoms with E-state index in [9.17, 15) is 9.90 Å². The summed E-state index contributed by atoms with van der Waals surface area (Å²) in [5, 5.41) is 10.9. The molecule has 0 saturated heterocycles. The van der Waals surface area contributed by atoms with Gasteiger partial charge in [0.15, 0.2) is 17.3 Å². The van der Waals surface area contributed by atoms with E-state index in [1.807, 2.05) is 18.3 Å². The molecule has 2 aliphatic rings. The molecule has 1 saturated carbocycles. The second kappa shape index (κ2) is 9.62. The molecule has 7 heteroatoms. The lowest BCUT2D eigenvalue weighted by Gasteiger charge is -2.24. The van der Waals surface area contributed by atoms with Crippen LogP contribution in [0.4, 0.5) is 5.82 Å². The van der Waals surface area contributed by atoms with E-state index in [4.69, 9.17) is 15.0 Å². The Bertz CT molecular complexity index is 975. The number of hydrogen-bond donors (Lipinski definition) is 1. The van der Waals surface area contributed by atoms with Crippen LogP contribution in [0.5, 0.6) is 0 Å². The number of aliphatic hydroxyl groups is 1. The van der Waals surface area contributed by atoms with Gasteiger partial charge in [0, 0.05) is 35.0 Å². The van der Waals surface area contributed by atoms with Crippen molar-refractivity contribution in [2.45, 2.75) is 68.0 Å². The molecular formula is C23H26N4O2S. The van der Waals surface area contributed by atoms with Gasteiger partial charge >= 0.3 is 0 Å². The highest BCUT2D eigenvalue weighted by Gasteiger charge is 2.26. The van der Waals surface area contributed by atoms with Crippen LogP contribution in [0.3, 0.4) is 0 Å². The number of nitrogens with zero attached hydrogens (tertiary/aromatic N) is 4. The van der Waals surface area contributed by atoms with E-state index in [0.717, 1.165) is 73.0 Å². The predicted molar refractivity (Wildman–Crippen MR) is 118 cm³/mol. The van der Waals surface area contributed by atoms with Crippen molar-refractivity contribution in [2.24, 2.45) is 10.9 Å². The van der Waals surface area contributed by atoms with Gasteiger partial charge in [-0.05, 0) is 56.0 Å². The fraction of sp³-hybridized carbons (Fsp3) is 0.435. The molecular weight excluding hydrogens is 396 g/mol.